The van der Waals surface area contributed by atoms with E-state index < -0.39 is 12.0 Å². The van der Waals surface area contributed by atoms with Crippen molar-refractivity contribution in [2.75, 3.05) is 17.2 Å². The predicted octanol–water partition coefficient (Wildman–Crippen LogP) is 4.24. The summed E-state index contributed by atoms with van der Waals surface area (Å²) < 4.78 is 7.61. The molecule has 154 valence electrons. The van der Waals surface area contributed by atoms with Gasteiger partial charge in [0, 0.05) is 11.4 Å². The van der Waals surface area contributed by atoms with Gasteiger partial charge in [0.1, 0.15) is 18.0 Å². The molecule has 30 heavy (non-hydrogen) atoms. The average Bonchev–Trinajstić information content (AvgIpc) is 3.22. The Labute approximate surface area is 175 Å². The molecule has 2 aromatic carbocycles. The minimum absolute atomic E-state index is 0.165. The highest BCUT2D eigenvalue weighted by molar-refractivity contribution is 5.95. The number of para-hydroxylation sites is 1. The standard InChI is InChI=1S/C23H25N5O2/c1-3-4-13-30-19-12-8-9-17(14-19)21-20(16(2)26-23-24-15-25-28(21)23)22(29)27-18-10-6-5-7-11-18/h5-12,14-15,20-21H,2-4,13H2,1H3,(H,27,29)(H,24,25,26)/t20-,21+/m0/s1. The lowest BCUT2D eigenvalue weighted by Gasteiger charge is -2.34. The van der Waals surface area contributed by atoms with Crippen molar-refractivity contribution in [2.24, 2.45) is 5.92 Å². The van der Waals surface area contributed by atoms with Gasteiger partial charge >= 0.3 is 0 Å². The van der Waals surface area contributed by atoms with Crippen molar-refractivity contribution < 1.29 is 9.53 Å². The van der Waals surface area contributed by atoms with E-state index in [1.807, 2.05) is 54.6 Å². The van der Waals surface area contributed by atoms with Gasteiger partial charge in [0.25, 0.3) is 0 Å². The third kappa shape index (κ3) is 4.05. The van der Waals surface area contributed by atoms with E-state index in [1.165, 1.54) is 6.33 Å². The molecule has 0 spiro atoms. The highest BCUT2D eigenvalue weighted by atomic mass is 16.5. The number of aromatic nitrogens is 3. The number of nitrogens with one attached hydrogen (secondary N) is 2. The molecule has 0 radical (unpaired) electrons. The van der Waals surface area contributed by atoms with E-state index in [0.29, 0.717) is 18.3 Å². The molecular formula is C23H25N5O2. The van der Waals surface area contributed by atoms with E-state index in [0.717, 1.165) is 29.8 Å². The van der Waals surface area contributed by atoms with Gasteiger partial charge in [-0.2, -0.15) is 10.1 Å². The van der Waals surface area contributed by atoms with Crippen LogP contribution in [0.25, 0.3) is 0 Å². The first-order chi connectivity index (χ1) is 14.7. The number of carbonyl (C=O) groups is 1. The fourth-order valence-corrected chi connectivity index (χ4v) is 3.60. The van der Waals surface area contributed by atoms with Crippen LogP contribution in [-0.4, -0.2) is 27.3 Å². The Morgan fingerprint density at radius 1 is 1.23 bits per heavy atom. The summed E-state index contributed by atoms with van der Waals surface area (Å²) in [6.07, 6.45) is 3.53. The van der Waals surface area contributed by atoms with Crippen molar-refractivity contribution in [3.05, 3.63) is 78.8 Å². The average molecular weight is 403 g/mol. The van der Waals surface area contributed by atoms with Crippen molar-refractivity contribution in [3.63, 3.8) is 0 Å². The maximum absolute atomic E-state index is 13.3. The molecule has 1 aliphatic heterocycles. The summed E-state index contributed by atoms with van der Waals surface area (Å²) in [5.41, 5.74) is 2.22. The second-order valence-electron chi connectivity index (χ2n) is 7.23. The first-order valence-electron chi connectivity index (χ1n) is 10.1. The molecule has 1 amide bonds. The summed E-state index contributed by atoms with van der Waals surface area (Å²) >= 11 is 0. The number of nitrogens with zero attached hydrogens (tertiary/aromatic N) is 3. The second-order valence-corrected chi connectivity index (χ2v) is 7.23. The molecule has 0 aliphatic carbocycles. The minimum atomic E-state index is -0.578. The molecule has 7 heteroatoms. The summed E-state index contributed by atoms with van der Waals surface area (Å²) in [4.78, 5) is 17.5. The molecule has 1 aromatic heterocycles. The summed E-state index contributed by atoms with van der Waals surface area (Å²) in [5.74, 6) is 0.590. The summed E-state index contributed by atoms with van der Waals surface area (Å²) in [7, 11) is 0. The number of carbonyl (C=O) groups excluding carboxylic acids is 1. The number of hydrogen-bond donors (Lipinski definition) is 2. The fraction of sp³-hybridized carbons (Fsp3) is 0.261. The molecule has 3 aromatic rings. The van der Waals surface area contributed by atoms with Crippen LogP contribution in [-0.2, 0) is 4.79 Å². The van der Waals surface area contributed by atoms with Crippen LogP contribution < -0.4 is 15.4 Å². The van der Waals surface area contributed by atoms with Crippen LogP contribution in [0.3, 0.4) is 0 Å². The maximum atomic E-state index is 13.3. The van der Waals surface area contributed by atoms with Gasteiger partial charge in [0.05, 0.1) is 12.6 Å². The predicted molar refractivity (Wildman–Crippen MR) is 116 cm³/mol. The van der Waals surface area contributed by atoms with E-state index in [9.17, 15) is 4.79 Å². The molecule has 2 N–H and O–H groups in total. The number of benzene rings is 2. The normalized spacial score (nSPS) is 17.7. The van der Waals surface area contributed by atoms with Crippen LogP contribution in [0.5, 0.6) is 5.75 Å². The van der Waals surface area contributed by atoms with Gasteiger partial charge in [-0.15, -0.1) is 0 Å². The first kappa shape index (κ1) is 19.7. The van der Waals surface area contributed by atoms with E-state index in [1.54, 1.807) is 4.68 Å². The van der Waals surface area contributed by atoms with Crippen molar-refractivity contribution in [1.82, 2.24) is 14.8 Å². The lowest BCUT2D eigenvalue weighted by molar-refractivity contribution is -0.119. The lowest BCUT2D eigenvalue weighted by Crippen LogP contribution is -2.39. The first-order valence-corrected chi connectivity index (χ1v) is 10.1. The fourth-order valence-electron chi connectivity index (χ4n) is 3.60. The van der Waals surface area contributed by atoms with Crippen LogP contribution in [0, 0.1) is 5.92 Å². The Kier molecular flexibility index (Phi) is 5.79. The molecule has 1 aliphatic rings. The van der Waals surface area contributed by atoms with Gasteiger partial charge in [-0.05, 0) is 36.2 Å². The highest BCUT2D eigenvalue weighted by Gasteiger charge is 2.39. The molecule has 0 bridgehead atoms. The number of anilines is 2. The lowest BCUT2D eigenvalue weighted by atomic mass is 9.88. The molecule has 4 rings (SSSR count). The second kappa shape index (κ2) is 8.82. The molecule has 7 nitrogen and oxygen atoms in total. The Morgan fingerprint density at radius 2 is 2.07 bits per heavy atom. The zero-order chi connectivity index (χ0) is 20.9. The van der Waals surface area contributed by atoms with Crippen LogP contribution in [0.2, 0.25) is 0 Å². The van der Waals surface area contributed by atoms with Crippen LogP contribution in [0.4, 0.5) is 11.6 Å². The molecular weight excluding hydrogens is 378 g/mol. The summed E-state index contributed by atoms with van der Waals surface area (Å²) in [6, 6.07) is 16.8. The molecule has 0 saturated heterocycles. The minimum Gasteiger partial charge on any atom is -0.494 e. The molecule has 0 saturated carbocycles. The molecule has 2 atom stereocenters. The zero-order valence-electron chi connectivity index (χ0n) is 16.9. The Hall–Kier alpha value is -3.61. The van der Waals surface area contributed by atoms with Crippen LogP contribution in [0.15, 0.2) is 73.2 Å². The van der Waals surface area contributed by atoms with Crippen molar-refractivity contribution >= 4 is 17.5 Å². The third-order valence-corrected chi connectivity index (χ3v) is 5.09. The number of amides is 1. The van der Waals surface area contributed by atoms with Gasteiger partial charge < -0.3 is 15.4 Å². The Morgan fingerprint density at radius 3 is 2.87 bits per heavy atom. The monoisotopic (exact) mass is 403 g/mol. The van der Waals surface area contributed by atoms with E-state index in [2.05, 4.69) is 34.2 Å². The topological polar surface area (TPSA) is 81.1 Å². The summed E-state index contributed by atoms with van der Waals surface area (Å²) in [6.45, 7) is 6.90. The number of fused-ring (bicyclic) bond motifs is 1. The van der Waals surface area contributed by atoms with Gasteiger partial charge in [-0.25, -0.2) is 4.68 Å². The smallest absolute Gasteiger partial charge is 0.235 e. The Balaban J connectivity index is 1.68. The maximum Gasteiger partial charge on any atom is 0.235 e. The summed E-state index contributed by atoms with van der Waals surface area (Å²) in [5, 5.41) is 10.5. The highest BCUT2D eigenvalue weighted by Crippen LogP contribution is 2.38. The van der Waals surface area contributed by atoms with Crippen LogP contribution >= 0.6 is 0 Å². The largest absolute Gasteiger partial charge is 0.494 e. The molecule has 0 unspecified atom stereocenters. The van der Waals surface area contributed by atoms with Crippen molar-refractivity contribution in [1.29, 1.82) is 0 Å². The van der Waals surface area contributed by atoms with Gasteiger partial charge in [-0.3, -0.25) is 4.79 Å². The number of hydrogen-bond acceptors (Lipinski definition) is 5. The quantitative estimate of drug-likeness (QED) is 0.577. The molecule has 2 heterocycles. The van der Waals surface area contributed by atoms with Gasteiger partial charge in [0.15, 0.2) is 0 Å². The molecule has 0 fully saturated rings. The van der Waals surface area contributed by atoms with E-state index in [4.69, 9.17) is 4.74 Å². The Bertz CT molecular complexity index is 1030. The zero-order valence-corrected chi connectivity index (χ0v) is 16.9. The third-order valence-electron chi connectivity index (χ3n) is 5.09. The number of ether oxygens (including phenoxy) is 1. The van der Waals surface area contributed by atoms with E-state index in [-0.39, 0.29) is 5.91 Å². The van der Waals surface area contributed by atoms with Gasteiger partial charge in [0.2, 0.25) is 11.9 Å². The van der Waals surface area contributed by atoms with Crippen molar-refractivity contribution in [3.8, 4) is 5.75 Å². The number of unbranched alkanes of at least 4 members (excludes halogenated alkanes) is 1. The van der Waals surface area contributed by atoms with E-state index >= 15 is 0 Å². The SMILES string of the molecule is C=C1Nc2ncnn2[C@H](c2cccc(OCCCC)c2)[C@H]1C(=O)Nc1ccccc1. The van der Waals surface area contributed by atoms with Crippen LogP contribution in [0.1, 0.15) is 31.4 Å². The van der Waals surface area contributed by atoms with Crippen molar-refractivity contribution in [2.45, 2.75) is 25.8 Å². The number of rotatable bonds is 7. The van der Waals surface area contributed by atoms with Gasteiger partial charge in [-0.1, -0.05) is 50.3 Å².